The predicted molar refractivity (Wildman–Crippen MR) is 258 cm³/mol. The summed E-state index contributed by atoms with van der Waals surface area (Å²) >= 11 is 0. The van der Waals surface area contributed by atoms with Gasteiger partial charge in [0.25, 0.3) is 11.1 Å². The van der Waals surface area contributed by atoms with Gasteiger partial charge < -0.3 is 58.4 Å². The van der Waals surface area contributed by atoms with Gasteiger partial charge in [-0.25, -0.2) is 9.97 Å². The lowest BCUT2D eigenvalue weighted by atomic mass is 10.0. The zero-order chi connectivity index (χ0) is 54.3. The molecule has 0 bridgehead atoms. The summed E-state index contributed by atoms with van der Waals surface area (Å²) in [6, 6.07) is 1.60. The molecule has 5 N–H and O–H groups in total. The molecule has 0 saturated carbocycles. The third kappa shape index (κ3) is 10.9. The van der Waals surface area contributed by atoms with Crippen molar-refractivity contribution in [2.75, 3.05) is 23.8 Å². The van der Waals surface area contributed by atoms with Crippen LogP contribution in [0.4, 0.5) is 11.9 Å². The number of benzene rings is 1. The molecule has 76 heavy (non-hydrogen) atoms. The average Bonchev–Trinajstić information content (AvgIpc) is 4.21. The number of rotatable bonds is 17. The molecular formula is C47H52N12O17. The molecule has 2 saturated heterocycles. The highest BCUT2D eigenvalue weighted by Crippen LogP contribution is 2.44. The number of fused-ring (bicyclic) bond motifs is 5. The van der Waals surface area contributed by atoms with E-state index in [-0.39, 0.29) is 85.7 Å². The number of hydrogen-bond acceptors (Lipinski definition) is 23. The second-order valence-electron chi connectivity index (χ2n) is 18.2. The van der Waals surface area contributed by atoms with Gasteiger partial charge in [0.2, 0.25) is 17.8 Å². The van der Waals surface area contributed by atoms with Crippen LogP contribution >= 0.6 is 0 Å². The van der Waals surface area contributed by atoms with E-state index in [1.807, 2.05) is 4.57 Å². The van der Waals surface area contributed by atoms with Gasteiger partial charge in [0.1, 0.15) is 62.4 Å². The van der Waals surface area contributed by atoms with E-state index in [4.69, 9.17) is 47.9 Å². The van der Waals surface area contributed by atoms with Crippen molar-refractivity contribution < 1.29 is 71.5 Å². The Hall–Kier alpha value is -8.73. The van der Waals surface area contributed by atoms with Crippen LogP contribution in [-0.2, 0) is 86.4 Å². The summed E-state index contributed by atoms with van der Waals surface area (Å²) in [6.45, 7) is 8.02. The summed E-state index contributed by atoms with van der Waals surface area (Å²) in [5, 5.41) is 9.89. The number of nitrogens with zero attached hydrogens (tertiary/aromatic N) is 7. The molecular weight excluding hydrogens is 1000 g/mol. The van der Waals surface area contributed by atoms with E-state index in [9.17, 15) is 43.2 Å². The first kappa shape index (κ1) is 52.1. The zero-order valence-electron chi connectivity index (χ0n) is 41.9. The number of aromatic amines is 2. The number of nitrogens with one attached hydrogen (secondary N) is 5. The maximum absolute atomic E-state index is 13.8. The van der Waals surface area contributed by atoms with Crippen molar-refractivity contribution in [3.8, 4) is 5.75 Å². The standard InChI is InChI=1S/C47H52N12O17/c1-19(60)51-28-13-57-29-8-26(14-69-20(2)61)9-32(74-25(7)66)37(29)27(12-48-46-53-42-39(44(67)55-46)49-17-58(42)35-10-30(72-23(5)64)33(75-35)15-70-21(3)62)41(57)38(28)52-47-54-43-40(45(68)56-47)50-18-59(43)36-11-31(73-24(6)65)34(76-36)16-71-22(4)63/h8-9,17-18,28,30-31,33-36,38H,10-16H2,1-7H3,(H,51,60)(H2,48,53,55,67)(H2,52,54,56,68)/t28-,30-,31-,33+,34+,35+,36+,38+/m0/s1. The Morgan fingerprint density at radius 1 is 0.697 bits per heavy atom. The molecule has 1 aromatic carbocycles. The molecule has 29 heteroatoms. The van der Waals surface area contributed by atoms with E-state index in [1.54, 1.807) is 12.1 Å². The zero-order valence-corrected chi connectivity index (χ0v) is 41.9. The van der Waals surface area contributed by atoms with Gasteiger partial charge in [-0.3, -0.25) is 62.3 Å². The number of carbonyl (C=O) groups is 7. The number of imidazole rings is 2. The van der Waals surface area contributed by atoms with Crippen molar-refractivity contribution in [2.45, 2.75) is 130 Å². The summed E-state index contributed by atoms with van der Waals surface area (Å²) in [5.41, 5.74) is 0.574. The number of amides is 1. The van der Waals surface area contributed by atoms with E-state index >= 15 is 0 Å². The van der Waals surface area contributed by atoms with Crippen LogP contribution in [0.3, 0.4) is 0 Å². The van der Waals surface area contributed by atoms with Gasteiger partial charge in [0.05, 0.1) is 30.3 Å². The molecule has 8 heterocycles. The van der Waals surface area contributed by atoms with Crippen molar-refractivity contribution >= 4 is 86.9 Å². The van der Waals surface area contributed by atoms with Crippen LogP contribution in [0.15, 0.2) is 34.4 Å². The van der Waals surface area contributed by atoms with E-state index < -0.39 is 102 Å². The normalized spacial score (nSPS) is 21.8. The van der Waals surface area contributed by atoms with Gasteiger partial charge in [0.15, 0.2) is 22.3 Å². The lowest BCUT2D eigenvalue weighted by Gasteiger charge is -2.23. The van der Waals surface area contributed by atoms with Crippen molar-refractivity contribution in [3.05, 3.63) is 62.3 Å². The monoisotopic (exact) mass is 1060 g/mol. The first-order valence-corrected chi connectivity index (χ1v) is 23.8. The summed E-state index contributed by atoms with van der Waals surface area (Å²) < 4.78 is 49.7. The summed E-state index contributed by atoms with van der Waals surface area (Å²) in [5.74, 6) is -4.02. The average molecular weight is 1060 g/mol. The Bertz CT molecular complexity index is 3450. The van der Waals surface area contributed by atoms with Crippen molar-refractivity contribution in [1.29, 1.82) is 0 Å². The lowest BCUT2D eigenvalue weighted by molar-refractivity contribution is -0.157. The molecule has 1 amide bonds. The second-order valence-corrected chi connectivity index (χ2v) is 18.2. The number of ether oxygens (including phenoxy) is 8. The van der Waals surface area contributed by atoms with Crippen LogP contribution < -0.4 is 31.8 Å². The number of anilines is 2. The molecule has 0 aliphatic carbocycles. The van der Waals surface area contributed by atoms with Crippen LogP contribution in [-0.4, -0.2) is 129 Å². The molecule has 3 aliphatic rings. The fraction of sp³-hybridized carbons (Fsp3) is 0.468. The number of esters is 6. The topological polar surface area (TPSA) is 361 Å². The van der Waals surface area contributed by atoms with Crippen LogP contribution in [0.1, 0.15) is 96.6 Å². The van der Waals surface area contributed by atoms with Crippen molar-refractivity contribution in [1.82, 2.24) is 48.9 Å². The minimum absolute atomic E-state index is 0.0512. The summed E-state index contributed by atoms with van der Waals surface area (Å²) in [4.78, 5) is 136. The number of aromatic nitrogens is 9. The maximum Gasteiger partial charge on any atom is 0.308 e. The van der Waals surface area contributed by atoms with Crippen LogP contribution in [0.2, 0.25) is 0 Å². The van der Waals surface area contributed by atoms with Crippen molar-refractivity contribution in [2.24, 2.45) is 0 Å². The predicted octanol–water partition coefficient (Wildman–Crippen LogP) is 1.34. The maximum atomic E-state index is 13.8. The Kier molecular flexibility index (Phi) is 14.6. The molecule has 6 aromatic rings. The Morgan fingerprint density at radius 2 is 1.24 bits per heavy atom. The molecule has 3 aliphatic heterocycles. The van der Waals surface area contributed by atoms with Crippen molar-refractivity contribution in [3.63, 3.8) is 0 Å². The minimum atomic E-state index is -0.933. The summed E-state index contributed by atoms with van der Waals surface area (Å²) in [6.07, 6.45) is -2.25. The van der Waals surface area contributed by atoms with Gasteiger partial charge in [0, 0.05) is 91.0 Å². The van der Waals surface area contributed by atoms with Crippen LogP contribution in [0.25, 0.3) is 33.2 Å². The fourth-order valence-electron chi connectivity index (χ4n) is 9.74. The lowest BCUT2D eigenvalue weighted by Crippen LogP contribution is -2.40. The molecule has 0 unspecified atom stereocenters. The van der Waals surface area contributed by atoms with Crippen LogP contribution in [0.5, 0.6) is 5.75 Å². The highest BCUT2D eigenvalue weighted by Gasteiger charge is 2.43. The SMILES string of the molecule is CC(=O)N[C@H]1Cn2c(c(CNc3nc4c(ncn4[C@H]4C[C@H](OC(C)=O)[C@@H](COC(C)=O)O4)c(=O)[nH]3)c3c(OC(C)=O)cc(COC(C)=O)cc32)[C@@H]1Nc1nc2c(ncn2[C@H]2C[C@H](OC(C)=O)[C@@H](COC(C)=O)O2)c(=O)[nH]1. The molecule has 2 fully saturated rings. The fourth-order valence-corrected chi connectivity index (χ4v) is 9.74. The second kappa shape index (κ2) is 21.2. The quantitative estimate of drug-likeness (QED) is 0.0489. The number of carbonyl (C=O) groups excluding carboxylic acids is 7. The molecule has 402 valence electrons. The highest BCUT2D eigenvalue weighted by molar-refractivity contribution is 5.95. The third-order valence-corrected chi connectivity index (χ3v) is 12.6. The third-order valence-electron chi connectivity index (χ3n) is 12.6. The van der Waals surface area contributed by atoms with E-state index in [2.05, 4.69) is 35.9 Å². The van der Waals surface area contributed by atoms with E-state index in [0.29, 0.717) is 27.7 Å². The molecule has 5 aromatic heterocycles. The number of H-pyrrole nitrogens is 2. The molecule has 29 nitrogen and oxygen atoms in total. The largest absolute Gasteiger partial charge is 0.463 e. The first-order chi connectivity index (χ1) is 36.2. The van der Waals surface area contributed by atoms with Gasteiger partial charge in [-0.05, 0) is 17.7 Å². The van der Waals surface area contributed by atoms with E-state index in [1.165, 1.54) is 70.3 Å². The Balaban J connectivity index is 1.12. The molecule has 0 radical (unpaired) electrons. The molecule has 8 atom stereocenters. The van der Waals surface area contributed by atoms with Crippen LogP contribution in [0, 0.1) is 0 Å². The highest BCUT2D eigenvalue weighted by atomic mass is 16.6. The van der Waals surface area contributed by atoms with Gasteiger partial charge in [-0.1, -0.05) is 0 Å². The first-order valence-electron chi connectivity index (χ1n) is 23.8. The van der Waals surface area contributed by atoms with Gasteiger partial charge in [-0.15, -0.1) is 0 Å². The number of hydrogen-bond donors (Lipinski definition) is 5. The Morgan fingerprint density at radius 3 is 1.75 bits per heavy atom. The summed E-state index contributed by atoms with van der Waals surface area (Å²) in [7, 11) is 0. The molecule has 0 spiro atoms. The van der Waals surface area contributed by atoms with E-state index in [0.717, 1.165) is 0 Å². The molecule has 9 rings (SSSR count). The smallest absolute Gasteiger partial charge is 0.308 e. The van der Waals surface area contributed by atoms with Gasteiger partial charge in [-0.2, -0.15) is 9.97 Å². The minimum Gasteiger partial charge on any atom is -0.463 e. The van der Waals surface area contributed by atoms with Gasteiger partial charge >= 0.3 is 35.8 Å². The Labute approximate surface area is 428 Å².